The van der Waals surface area contributed by atoms with Crippen LogP contribution in [0, 0.1) is 16.9 Å². The number of hydrogen-bond acceptors (Lipinski definition) is 5. The largest absolute Gasteiger partial charge is 0.416 e. The Labute approximate surface area is 280 Å². The van der Waals surface area contributed by atoms with Crippen LogP contribution < -0.4 is 10.7 Å². The summed E-state index contributed by atoms with van der Waals surface area (Å²) < 4.78 is 162. The van der Waals surface area contributed by atoms with Gasteiger partial charge in [0.2, 0.25) is 6.19 Å². The van der Waals surface area contributed by atoms with Gasteiger partial charge in [0.15, 0.2) is 0 Å². The van der Waals surface area contributed by atoms with Gasteiger partial charge in [0.25, 0.3) is 0 Å². The van der Waals surface area contributed by atoms with E-state index in [0.717, 1.165) is 0 Å². The van der Waals surface area contributed by atoms with E-state index >= 15 is 0 Å². The lowest BCUT2D eigenvalue weighted by Crippen LogP contribution is -2.11. The molecule has 0 saturated carbocycles. The summed E-state index contributed by atoms with van der Waals surface area (Å²) in [6.07, 6.45) is -18.8. The molecule has 6 aromatic carbocycles. The number of nitriles is 1. The molecule has 0 fully saturated rings. The molecule has 0 radical (unpaired) electrons. The van der Waals surface area contributed by atoms with Gasteiger partial charge in [-0.05, 0) is 70.8 Å². The van der Waals surface area contributed by atoms with Crippen molar-refractivity contribution in [3.8, 4) is 28.4 Å². The van der Waals surface area contributed by atoms with Crippen molar-refractivity contribution in [3.05, 3.63) is 106 Å². The average molecular weight is 732 g/mol. The van der Waals surface area contributed by atoms with E-state index in [1.807, 2.05) is 0 Å². The van der Waals surface area contributed by atoms with E-state index in [0.29, 0.717) is 24.3 Å². The zero-order valence-corrected chi connectivity index (χ0v) is 25.3. The Morgan fingerprint density at radius 1 is 0.462 bits per heavy atom. The number of alkyl halides is 12. The van der Waals surface area contributed by atoms with E-state index < -0.39 is 58.1 Å². The number of nitrogens with zero attached hydrogens (tertiary/aromatic N) is 4. The van der Waals surface area contributed by atoms with Gasteiger partial charge in [0, 0.05) is 21.5 Å². The Bertz CT molecular complexity index is 2710. The first-order valence-corrected chi connectivity index (χ1v) is 14.5. The predicted molar refractivity (Wildman–Crippen MR) is 162 cm³/mol. The van der Waals surface area contributed by atoms with Crippen LogP contribution in [0.4, 0.5) is 52.7 Å². The third kappa shape index (κ3) is 5.73. The van der Waals surface area contributed by atoms with Crippen molar-refractivity contribution in [2.45, 2.75) is 24.7 Å². The van der Waals surface area contributed by atoms with Crippen LogP contribution in [0.15, 0.2) is 77.8 Å². The number of rotatable bonds is 2. The maximum absolute atomic E-state index is 13.6. The summed E-state index contributed by atoms with van der Waals surface area (Å²) in [5.41, 5.74) is -7.13. The molecule has 0 unspecified atom stereocenters. The molecule has 0 spiro atoms. The molecule has 0 saturated heterocycles. The molecule has 52 heavy (non-hydrogen) atoms. The molecule has 0 amide bonds. The Morgan fingerprint density at radius 3 is 1.27 bits per heavy atom. The van der Waals surface area contributed by atoms with E-state index in [4.69, 9.17) is 5.41 Å². The second-order valence-corrected chi connectivity index (χ2v) is 11.7. The quantitative estimate of drug-likeness (QED) is 0.142. The van der Waals surface area contributed by atoms with E-state index in [9.17, 15) is 57.9 Å². The molecular formula is C35H13F12N5. The number of hydrogen-bond donors (Lipinski definition) is 1. The smallest absolute Gasteiger partial charge is 0.298 e. The van der Waals surface area contributed by atoms with E-state index in [2.05, 4.69) is 15.0 Å². The third-order valence-corrected chi connectivity index (χ3v) is 8.43. The predicted octanol–water partition coefficient (Wildman–Crippen LogP) is 10.2. The van der Waals surface area contributed by atoms with Crippen LogP contribution in [0.5, 0.6) is 0 Å². The second-order valence-electron chi connectivity index (χ2n) is 11.7. The molecular weight excluding hydrogens is 718 g/mol. The van der Waals surface area contributed by atoms with Crippen molar-refractivity contribution >= 4 is 43.6 Å². The Balaban J connectivity index is 1.44. The van der Waals surface area contributed by atoms with Crippen molar-refractivity contribution < 1.29 is 52.7 Å². The molecule has 1 aromatic heterocycles. The van der Waals surface area contributed by atoms with Gasteiger partial charge in [-0.1, -0.05) is 24.3 Å². The Hall–Kier alpha value is -6.05. The van der Waals surface area contributed by atoms with Gasteiger partial charge in [-0.15, -0.1) is 0 Å². The fraction of sp³-hybridized carbons (Fsp3) is 0.114. The number of fused-ring (bicyclic) bond motifs is 6. The van der Waals surface area contributed by atoms with Crippen LogP contribution in [-0.2, 0) is 24.7 Å². The van der Waals surface area contributed by atoms with Crippen LogP contribution in [0.1, 0.15) is 22.3 Å². The molecule has 0 aliphatic heterocycles. The molecule has 1 heterocycles. The fourth-order valence-electron chi connectivity index (χ4n) is 6.08. The van der Waals surface area contributed by atoms with Crippen molar-refractivity contribution in [2.75, 3.05) is 0 Å². The minimum Gasteiger partial charge on any atom is -0.298 e. The summed E-state index contributed by atoms with van der Waals surface area (Å²) in [7, 11) is 0. The Kier molecular flexibility index (Phi) is 7.43. The summed E-state index contributed by atoms with van der Waals surface area (Å²) in [6, 6.07) is 9.73. The topological polar surface area (TPSA) is 85.8 Å². The lowest BCUT2D eigenvalue weighted by Gasteiger charge is -2.14. The second kappa shape index (κ2) is 11.2. The minimum atomic E-state index is -5.11. The maximum Gasteiger partial charge on any atom is 0.416 e. The lowest BCUT2D eigenvalue weighted by molar-refractivity contribution is -0.144. The number of benzene rings is 4. The maximum atomic E-state index is 13.6. The normalized spacial score (nSPS) is 13.6. The molecule has 7 rings (SSSR count). The first-order valence-electron chi connectivity index (χ1n) is 14.5. The average Bonchev–Trinajstić information content (AvgIpc) is 3.51. The molecule has 5 nitrogen and oxygen atoms in total. The van der Waals surface area contributed by atoms with Crippen LogP contribution in [0.3, 0.4) is 0 Å². The van der Waals surface area contributed by atoms with Gasteiger partial charge in [0.1, 0.15) is 16.4 Å². The molecule has 17 heteroatoms. The van der Waals surface area contributed by atoms with Gasteiger partial charge in [-0.3, -0.25) is 5.41 Å². The molecule has 0 bridgehead atoms. The SMILES string of the molecule is N#CN=c1c2cc(-c3cc(C(F)(F)F)cc(C(F)(F)F)c3)ccc2c2nc3c(=N)c4cc(-c5cc(C(F)(F)F)cc(C(F)(F)F)c5)ccc4c3nc12. The van der Waals surface area contributed by atoms with Crippen molar-refractivity contribution in [1.29, 1.82) is 10.7 Å². The molecule has 7 aromatic rings. The van der Waals surface area contributed by atoms with Crippen molar-refractivity contribution in [3.63, 3.8) is 0 Å². The van der Waals surface area contributed by atoms with Gasteiger partial charge in [0.05, 0.1) is 38.6 Å². The fourth-order valence-corrected chi connectivity index (χ4v) is 6.08. The van der Waals surface area contributed by atoms with Crippen molar-refractivity contribution in [1.82, 2.24) is 9.97 Å². The first kappa shape index (κ1) is 34.4. The standard InChI is InChI=1S/C35H13F12N5/c36-32(37,38)18-5-16(6-19(11-18)33(39,40)41)14-1-3-22-24(9-14)26(49)30-28(22)52-31-27(50-13-48)25-10-15(2-4-23(25)29(31)51-30)17-7-20(34(42,43)44)12-21(8-17)35(45,46)47/h1-12,49H. The molecule has 0 aliphatic rings. The van der Waals surface area contributed by atoms with E-state index in [1.54, 1.807) is 6.19 Å². The van der Waals surface area contributed by atoms with Crippen LogP contribution in [0.25, 0.3) is 65.9 Å². The molecule has 0 aliphatic carbocycles. The van der Waals surface area contributed by atoms with Crippen LogP contribution in [-0.4, -0.2) is 9.97 Å². The highest BCUT2D eigenvalue weighted by Gasteiger charge is 2.38. The molecule has 262 valence electrons. The molecule has 1 N–H and O–H groups in total. The summed E-state index contributed by atoms with van der Waals surface area (Å²) >= 11 is 0. The highest BCUT2D eigenvalue weighted by atomic mass is 19.4. The number of aromatic nitrogens is 2. The summed E-state index contributed by atoms with van der Waals surface area (Å²) in [4.78, 5) is 12.9. The monoisotopic (exact) mass is 731 g/mol. The first-order chi connectivity index (χ1) is 24.1. The van der Waals surface area contributed by atoms with Gasteiger partial charge in [-0.2, -0.15) is 62.9 Å². The highest BCUT2D eigenvalue weighted by molar-refractivity contribution is 6.15. The minimum absolute atomic E-state index is 0.00923. The number of nitrogens with one attached hydrogen (secondary N) is 1. The van der Waals surface area contributed by atoms with E-state index in [-0.39, 0.29) is 77.6 Å². The van der Waals surface area contributed by atoms with Gasteiger partial charge in [-0.25, -0.2) is 9.97 Å². The van der Waals surface area contributed by atoms with Crippen molar-refractivity contribution in [2.24, 2.45) is 4.99 Å². The van der Waals surface area contributed by atoms with Crippen LogP contribution in [0.2, 0.25) is 0 Å². The van der Waals surface area contributed by atoms with Crippen LogP contribution >= 0.6 is 0 Å². The van der Waals surface area contributed by atoms with Gasteiger partial charge < -0.3 is 0 Å². The number of halogens is 12. The molecule has 0 atom stereocenters. The van der Waals surface area contributed by atoms with E-state index in [1.165, 1.54) is 36.4 Å². The zero-order chi connectivity index (χ0) is 37.7. The lowest BCUT2D eigenvalue weighted by atomic mass is 9.98. The Morgan fingerprint density at radius 2 is 0.846 bits per heavy atom. The third-order valence-electron chi connectivity index (χ3n) is 8.43. The summed E-state index contributed by atoms with van der Waals surface area (Å²) in [5, 5.41) is 18.4. The zero-order valence-electron chi connectivity index (χ0n) is 25.3. The summed E-state index contributed by atoms with van der Waals surface area (Å²) in [5.74, 6) is 0. The summed E-state index contributed by atoms with van der Waals surface area (Å²) in [6.45, 7) is 0. The highest BCUT2D eigenvalue weighted by Crippen LogP contribution is 2.41. The van der Waals surface area contributed by atoms with Gasteiger partial charge >= 0.3 is 24.7 Å².